The van der Waals surface area contributed by atoms with Crippen LogP contribution in [0.2, 0.25) is 0 Å². The van der Waals surface area contributed by atoms with Crippen LogP contribution in [0.1, 0.15) is 58.9 Å². The van der Waals surface area contributed by atoms with Crippen molar-refractivity contribution in [3.63, 3.8) is 0 Å². The number of nitrogens with one attached hydrogen (secondary N) is 2. The van der Waals surface area contributed by atoms with Crippen molar-refractivity contribution >= 4 is 34.9 Å². The first kappa shape index (κ1) is 42.1. The number of aliphatic hydroxyl groups excluding tert-OH is 2. The van der Waals surface area contributed by atoms with Gasteiger partial charge in [0, 0.05) is 50.5 Å². The minimum absolute atomic E-state index is 0.0220. The summed E-state index contributed by atoms with van der Waals surface area (Å²) in [4.78, 5) is 49.6. The molecule has 1 aromatic heterocycles. The van der Waals surface area contributed by atoms with Crippen LogP contribution >= 0.6 is 0 Å². The van der Waals surface area contributed by atoms with Gasteiger partial charge < -0.3 is 39.5 Å². The van der Waals surface area contributed by atoms with Crippen molar-refractivity contribution in [1.29, 1.82) is 0 Å². The van der Waals surface area contributed by atoms with Gasteiger partial charge in [-0.2, -0.15) is 0 Å². The number of cyclic esters (lactones) is 1. The summed E-state index contributed by atoms with van der Waals surface area (Å²) in [5.74, 6) is -1.04. The summed E-state index contributed by atoms with van der Waals surface area (Å²) in [5.41, 5.74) is 1.52. The molecule has 6 rings (SSSR count). The van der Waals surface area contributed by atoms with Crippen LogP contribution in [-0.4, -0.2) is 116 Å². The zero-order valence-corrected chi connectivity index (χ0v) is 34.1. The van der Waals surface area contributed by atoms with Gasteiger partial charge in [-0.3, -0.25) is 10.1 Å². The fourth-order valence-corrected chi connectivity index (χ4v) is 9.56. The second-order valence-electron chi connectivity index (χ2n) is 16.6. The van der Waals surface area contributed by atoms with Gasteiger partial charge in [0.15, 0.2) is 0 Å². The van der Waals surface area contributed by atoms with Gasteiger partial charge in [-0.25, -0.2) is 14.6 Å². The SMILES string of the molecule is C=C1C(NC(C)C(=O)N2CCOCC2)CC2[C@](C)(CC[C@@H](O)[C@@]2(C)CO)C1CC(Nc1ccccn1)C1=C/C(=C(/C(=O)OCC)c2ccc(N(C)C)cc2)OC1=O. The third kappa shape index (κ3) is 8.53. The van der Waals surface area contributed by atoms with Crippen LogP contribution in [0, 0.1) is 22.7 Å². The molecular formula is C44H59N5O8. The summed E-state index contributed by atoms with van der Waals surface area (Å²) < 4.78 is 16.9. The van der Waals surface area contributed by atoms with E-state index in [1.807, 2.05) is 68.1 Å². The van der Waals surface area contributed by atoms with Gasteiger partial charge >= 0.3 is 11.9 Å². The van der Waals surface area contributed by atoms with Gasteiger partial charge in [0.05, 0.1) is 50.2 Å². The predicted molar refractivity (Wildman–Crippen MR) is 218 cm³/mol. The molecule has 1 amide bonds. The number of pyridine rings is 1. The molecule has 0 radical (unpaired) electrons. The Labute approximate surface area is 336 Å². The molecule has 13 nitrogen and oxygen atoms in total. The third-order valence-corrected chi connectivity index (χ3v) is 12.9. The molecule has 1 aromatic carbocycles. The number of amides is 1. The summed E-state index contributed by atoms with van der Waals surface area (Å²) in [5, 5.41) is 29.5. The lowest BCUT2D eigenvalue weighted by Gasteiger charge is -2.62. The average molecular weight is 786 g/mol. The number of aliphatic hydroxyl groups is 2. The van der Waals surface area contributed by atoms with E-state index >= 15 is 0 Å². The van der Waals surface area contributed by atoms with E-state index in [1.54, 1.807) is 31.3 Å². The smallest absolute Gasteiger partial charge is 0.342 e. The van der Waals surface area contributed by atoms with Gasteiger partial charge in [-0.1, -0.05) is 44.2 Å². The van der Waals surface area contributed by atoms with Gasteiger partial charge in [-0.05, 0) is 92.7 Å². The van der Waals surface area contributed by atoms with Crippen molar-refractivity contribution in [1.82, 2.24) is 15.2 Å². The third-order valence-electron chi connectivity index (χ3n) is 12.9. The molecule has 2 aromatic rings. The van der Waals surface area contributed by atoms with Crippen LogP contribution in [-0.2, 0) is 28.6 Å². The maximum atomic E-state index is 14.1. The van der Waals surface area contributed by atoms with E-state index in [4.69, 9.17) is 20.8 Å². The number of nitrogens with zero attached hydrogens (tertiary/aromatic N) is 3. The predicted octanol–water partition coefficient (Wildman–Crippen LogP) is 4.33. The summed E-state index contributed by atoms with van der Waals surface area (Å²) in [6, 6.07) is 11.3. The van der Waals surface area contributed by atoms with E-state index in [9.17, 15) is 24.6 Å². The van der Waals surface area contributed by atoms with Crippen LogP contribution in [0.5, 0.6) is 0 Å². The fourth-order valence-electron chi connectivity index (χ4n) is 9.56. The number of morpholine rings is 1. The standard InChI is InChI=1S/C44H59N5O8/c1-8-56-42(54)39(29-12-14-30(15-13-29)48(6)7)35-23-31(41(53)57-35)34(47-38-11-9-10-18-45-38)24-32-27(2)33(46-28(3)40(52)49-19-21-55-22-20-49)25-36-43(32,4)17-16-37(51)44(36,5)26-50/h9-15,18,23,28,32-34,36-37,46,50-51H,2,8,16-17,19-22,24-26H2,1,3-7H3,(H,45,47)/b39-35-/t28?,32?,33?,34?,36?,37-,43-,44+/m1/s1. The molecule has 4 N–H and O–H groups in total. The molecule has 3 fully saturated rings. The number of benzene rings is 1. The number of rotatable bonds is 13. The second kappa shape index (κ2) is 17.5. The molecule has 0 spiro atoms. The number of carbonyl (C=O) groups excluding carboxylic acids is 3. The van der Waals surface area contributed by atoms with Crippen LogP contribution in [0.25, 0.3) is 5.57 Å². The van der Waals surface area contributed by atoms with Crippen molar-refractivity contribution < 1.29 is 38.8 Å². The Kier molecular flexibility index (Phi) is 12.9. The lowest BCUT2D eigenvalue weighted by Crippen LogP contribution is -2.62. The van der Waals surface area contributed by atoms with Gasteiger partial charge in [-0.15, -0.1) is 0 Å². The van der Waals surface area contributed by atoms with Crippen molar-refractivity contribution in [3.05, 3.63) is 83.8 Å². The summed E-state index contributed by atoms with van der Waals surface area (Å²) >= 11 is 0. The Morgan fingerprint density at radius 2 is 1.86 bits per heavy atom. The van der Waals surface area contributed by atoms with E-state index in [-0.39, 0.29) is 48.3 Å². The zero-order chi connectivity index (χ0) is 41.1. The largest absolute Gasteiger partial charge is 0.462 e. The first-order chi connectivity index (χ1) is 27.2. The summed E-state index contributed by atoms with van der Waals surface area (Å²) in [6.07, 6.45) is 4.65. The van der Waals surface area contributed by atoms with Gasteiger partial charge in [0.2, 0.25) is 5.91 Å². The molecule has 2 aliphatic carbocycles. The Morgan fingerprint density at radius 1 is 1.14 bits per heavy atom. The number of allylic oxidation sites excluding steroid dienone is 1. The van der Waals surface area contributed by atoms with Gasteiger partial charge in [0.25, 0.3) is 0 Å². The van der Waals surface area contributed by atoms with E-state index in [0.29, 0.717) is 68.9 Å². The van der Waals surface area contributed by atoms with E-state index in [1.165, 1.54) is 0 Å². The minimum atomic E-state index is -0.828. The van der Waals surface area contributed by atoms with Crippen LogP contribution < -0.4 is 15.5 Å². The highest BCUT2D eigenvalue weighted by molar-refractivity contribution is 6.19. The van der Waals surface area contributed by atoms with Crippen LogP contribution in [0.4, 0.5) is 11.5 Å². The first-order valence-electron chi connectivity index (χ1n) is 20.1. The number of ether oxygens (including phenoxy) is 3. The molecule has 13 heteroatoms. The van der Waals surface area contributed by atoms with Crippen molar-refractivity contribution in [2.45, 2.75) is 77.6 Å². The van der Waals surface area contributed by atoms with E-state index < -0.39 is 41.0 Å². The Hall–Kier alpha value is -4.56. The van der Waals surface area contributed by atoms with Crippen LogP contribution in [0.15, 0.2) is 78.2 Å². The zero-order valence-electron chi connectivity index (χ0n) is 34.1. The molecule has 2 saturated carbocycles. The topological polar surface area (TPSA) is 163 Å². The molecule has 2 aliphatic heterocycles. The molecule has 308 valence electrons. The van der Waals surface area contributed by atoms with Crippen LogP contribution in [0.3, 0.4) is 0 Å². The minimum Gasteiger partial charge on any atom is -0.462 e. The van der Waals surface area contributed by atoms with Gasteiger partial charge in [0.1, 0.15) is 17.2 Å². The van der Waals surface area contributed by atoms with Crippen molar-refractivity contribution in [2.75, 3.05) is 63.8 Å². The maximum absolute atomic E-state index is 14.1. The van der Waals surface area contributed by atoms with Crippen molar-refractivity contribution in [2.24, 2.45) is 22.7 Å². The Bertz CT molecular complexity index is 1860. The normalized spacial score (nSPS) is 29.4. The Balaban J connectivity index is 1.42. The number of aromatic nitrogens is 1. The highest BCUT2D eigenvalue weighted by Crippen LogP contribution is 2.62. The maximum Gasteiger partial charge on any atom is 0.342 e. The average Bonchev–Trinajstić information content (AvgIpc) is 3.59. The number of anilines is 2. The van der Waals surface area contributed by atoms with E-state index in [2.05, 4.69) is 22.5 Å². The monoisotopic (exact) mass is 785 g/mol. The fraction of sp³-hybridized carbons (Fsp3) is 0.545. The van der Waals surface area contributed by atoms with E-state index in [0.717, 1.165) is 11.3 Å². The summed E-state index contributed by atoms with van der Waals surface area (Å²) in [7, 11) is 3.85. The number of esters is 2. The lowest BCUT2D eigenvalue weighted by atomic mass is 9.45. The first-order valence-corrected chi connectivity index (χ1v) is 20.1. The Morgan fingerprint density at radius 3 is 2.49 bits per heavy atom. The number of hydrogen-bond donors (Lipinski definition) is 4. The molecular weight excluding hydrogens is 727 g/mol. The molecule has 57 heavy (non-hydrogen) atoms. The molecule has 1 saturated heterocycles. The quantitative estimate of drug-likeness (QED) is 0.129. The number of carbonyl (C=O) groups is 3. The molecule has 8 atom stereocenters. The second-order valence-corrected chi connectivity index (χ2v) is 16.6. The summed E-state index contributed by atoms with van der Waals surface area (Å²) in [6.45, 7) is 14.4. The molecule has 3 heterocycles. The molecule has 5 unspecified atom stereocenters. The molecule has 0 bridgehead atoms. The lowest BCUT2D eigenvalue weighted by molar-refractivity contribution is -0.157. The van der Waals surface area contributed by atoms with Crippen molar-refractivity contribution in [3.8, 4) is 0 Å². The number of hydrogen-bond acceptors (Lipinski definition) is 12. The highest BCUT2D eigenvalue weighted by Gasteiger charge is 2.60. The number of fused-ring (bicyclic) bond motifs is 1. The highest BCUT2D eigenvalue weighted by atomic mass is 16.6. The molecule has 4 aliphatic rings.